The highest BCUT2D eigenvalue weighted by Gasteiger charge is 2.36. The molecule has 124 valence electrons. The van der Waals surface area contributed by atoms with E-state index in [0.717, 1.165) is 18.4 Å². The zero-order valence-corrected chi connectivity index (χ0v) is 14.6. The smallest absolute Gasteiger partial charge is 0.288 e. The minimum atomic E-state index is -0.418. The molecule has 0 amide bonds. The maximum absolute atomic E-state index is 12.3. The van der Waals surface area contributed by atoms with Crippen LogP contribution in [0.5, 0.6) is 0 Å². The summed E-state index contributed by atoms with van der Waals surface area (Å²) in [6.45, 7) is 0. The molecule has 2 aromatic heterocycles. The third-order valence-electron chi connectivity index (χ3n) is 4.29. The number of hydrogen-bond donors (Lipinski definition) is 3. The highest BCUT2D eigenvalue weighted by Crippen LogP contribution is 2.45. The van der Waals surface area contributed by atoms with Crippen LogP contribution in [-0.4, -0.2) is 19.7 Å². The predicted octanol–water partition coefficient (Wildman–Crippen LogP) is 3.38. The van der Waals surface area contributed by atoms with Crippen molar-refractivity contribution >= 4 is 46.5 Å². The summed E-state index contributed by atoms with van der Waals surface area (Å²) in [5, 5.41) is 5.56. The lowest BCUT2D eigenvalue weighted by atomic mass is 10.0. The average molecular weight is 383 g/mol. The largest absolute Gasteiger partial charge is 0.326 e. The van der Waals surface area contributed by atoms with E-state index in [-0.39, 0.29) is 17.1 Å². The number of imidazole rings is 1. The average Bonchev–Trinajstić information content (AvgIpc) is 3.31. The molecule has 2 heterocycles. The normalized spacial score (nSPS) is 15.8. The Bertz CT molecular complexity index is 1120. The first kappa shape index (κ1) is 15.7. The molecule has 1 aliphatic carbocycles. The summed E-state index contributed by atoms with van der Waals surface area (Å²) >= 11 is 17.6. The SMILES string of the molecule is O=c1[nH][nH]c(=O)c2c1[nH]c(=S)n2C(c1ccc(Cl)c(Cl)c1)C1CC1. The van der Waals surface area contributed by atoms with E-state index in [1.807, 2.05) is 6.07 Å². The van der Waals surface area contributed by atoms with Crippen LogP contribution in [0.15, 0.2) is 27.8 Å². The minimum absolute atomic E-state index is 0.175. The van der Waals surface area contributed by atoms with Crippen molar-refractivity contribution in [2.24, 2.45) is 5.92 Å². The number of hydrogen-bond acceptors (Lipinski definition) is 3. The van der Waals surface area contributed by atoms with Crippen LogP contribution < -0.4 is 11.1 Å². The lowest BCUT2D eigenvalue weighted by Gasteiger charge is -2.20. The monoisotopic (exact) mass is 382 g/mol. The van der Waals surface area contributed by atoms with E-state index in [0.29, 0.717) is 20.7 Å². The predicted molar refractivity (Wildman–Crippen MR) is 95.7 cm³/mol. The molecule has 1 atom stereocenters. The number of benzene rings is 1. The second kappa shape index (κ2) is 5.61. The Hall–Kier alpha value is -1.83. The quantitative estimate of drug-likeness (QED) is 0.606. The van der Waals surface area contributed by atoms with Crippen LogP contribution in [0.3, 0.4) is 0 Å². The van der Waals surface area contributed by atoms with E-state index in [1.54, 1.807) is 16.7 Å². The number of nitrogens with zero attached hydrogens (tertiary/aromatic N) is 1. The molecule has 3 aromatic rings. The van der Waals surface area contributed by atoms with Crippen molar-refractivity contribution in [2.45, 2.75) is 18.9 Å². The Morgan fingerprint density at radius 3 is 2.50 bits per heavy atom. The molecule has 6 nitrogen and oxygen atoms in total. The summed E-state index contributed by atoms with van der Waals surface area (Å²) in [5.41, 5.74) is 0.505. The lowest BCUT2D eigenvalue weighted by molar-refractivity contribution is 0.526. The van der Waals surface area contributed by atoms with Crippen LogP contribution in [0.1, 0.15) is 24.4 Å². The summed E-state index contributed by atoms with van der Waals surface area (Å²) in [4.78, 5) is 27.1. The first-order valence-electron chi connectivity index (χ1n) is 7.37. The summed E-state index contributed by atoms with van der Waals surface area (Å²) in [5.74, 6) is 0.326. The van der Waals surface area contributed by atoms with Gasteiger partial charge >= 0.3 is 0 Å². The van der Waals surface area contributed by atoms with E-state index < -0.39 is 11.1 Å². The molecular formula is C15H12Cl2N4O2S. The summed E-state index contributed by atoms with van der Waals surface area (Å²) < 4.78 is 2.05. The highest BCUT2D eigenvalue weighted by atomic mass is 35.5. The third-order valence-corrected chi connectivity index (χ3v) is 5.33. The molecule has 0 radical (unpaired) electrons. The van der Waals surface area contributed by atoms with Crippen LogP contribution >= 0.6 is 35.4 Å². The molecule has 1 aliphatic rings. The van der Waals surface area contributed by atoms with E-state index in [4.69, 9.17) is 35.4 Å². The Balaban J connectivity index is 2.03. The number of fused-ring (bicyclic) bond motifs is 1. The van der Waals surface area contributed by atoms with Gasteiger partial charge in [0.1, 0.15) is 11.0 Å². The van der Waals surface area contributed by atoms with Gasteiger partial charge in [0.2, 0.25) is 0 Å². The maximum atomic E-state index is 12.3. The van der Waals surface area contributed by atoms with E-state index in [1.165, 1.54) is 0 Å². The molecule has 1 aromatic carbocycles. The Morgan fingerprint density at radius 2 is 1.83 bits per heavy atom. The van der Waals surface area contributed by atoms with Gasteiger partial charge in [-0.1, -0.05) is 29.3 Å². The van der Waals surface area contributed by atoms with Gasteiger partial charge in [-0.2, -0.15) is 0 Å². The fourth-order valence-electron chi connectivity index (χ4n) is 3.08. The van der Waals surface area contributed by atoms with Crippen LogP contribution in [0, 0.1) is 10.7 Å². The fourth-order valence-corrected chi connectivity index (χ4v) is 3.69. The molecule has 0 aliphatic heterocycles. The van der Waals surface area contributed by atoms with Gasteiger partial charge in [0.15, 0.2) is 4.77 Å². The van der Waals surface area contributed by atoms with Crippen LogP contribution in [0.4, 0.5) is 0 Å². The molecule has 24 heavy (non-hydrogen) atoms. The molecule has 9 heteroatoms. The van der Waals surface area contributed by atoms with Gasteiger partial charge in [0.25, 0.3) is 11.1 Å². The summed E-state index contributed by atoms with van der Waals surface area (Å²) in [6.07, 6.45) is 2.03. The third kappa shape index (κ3) is 2.44. The second-order valence-electron chi connectivity index (χ2n) is 5.89. The van der Waals surface area contributed by atoms with E-state index in [2.05, 4.69) is 15.2 Å². The molecule has 4 rings (SSSR count). The molecule has 0 bridgehead atoms. The van der Waals surface area contributed by atoms with Gasteiger partial charge in [0.05, 0.1) is 16.1 Å². The topological polar surface area (TPSA) is 86.4 Å². The number of aromatic amines is 3. The van der Waals surface area contributed by atoms with Crippen LogP contribution in [0.25, 0.3) is 11.0 Å². The van der Waals surface area contributed by atoms with Crippen molar-refractivity contribution in [3.63, 3.8) is 0 Å². The van der Waals surface area contributed by atoms with Crippen LogP contribution in [0.2, 0.25) is 10.0 Å². The minimum Gasteiger partial charge on any atom is -0.326 e. The summed E-state index contributed by atoms with van der Waals surface area (Å²) in [7, 11) is 0. The van der Waals surface area contributed by atoms with Gasteiger partial charge in [-0.05, 0) is 48.7 Å². The zero-order valence-electron chi connectivity index (χ0n) is 12.2. The van der Waals surface area contributed by atoms with Crippen molar-refractivity contribution in [3.8, 4) is 0 Å². The fraction of sp³-hybridized carbons (Fsp3) is 0.267. The Kier molecular flexibility index (Phi) is 3.67. The van der Waals surface area contributed by atoms with Crippen molar-refractivity contribution < 1.29 is 0 Å². The van der Waals surface area contributed by atoms with Crippen molar-refractivity contribution in [1.29, 1.82) is 0 Å². The first-order valence-corrected chi connectivity index (χ1v) is 8.54. The van der Waals surface area contributed by atoms with Crippen molar-refractivity contribution in [3.05, 3.63) is 59.3 Å². The van der Waals surface area contributed by atoms with Gasteiger partial charge in [0, 0.05) is 0 Å². The standard InChI is InChI=1S/C15H12Cl2N4O2S/c16-8-4-3-7(5-9(8)17)11(6-1-2-6)21-12-10(18-15(21)24)13(22)19-20-14(12)23/h3-6,11H,1-2H2,(H,18,24)(H,19,22)(H,20,23). The molecular weight excluding hydrogens is 371 g/mol. The second-order valence-corrected chi connectivity index (χ2v) is 7.09. The maximum Gasteiger partial charge on any atom is 0.288 e. The van der Waals surface area contributed by atoms with Crippen molar-refractivity contribution in [2.75, 3.05) is 0 Å². The van der Waals surface area contributed by atoms with E-state index >= 15 is 0 Å². The number of nitrogens with one attached hydrogen (secondary N) is 3. The van der Waals surface area contributed by atoms with Gasteiger partial charge in [-0.3, -0.25) is 19.8 Å². The Labute approximate surface area is 150 Å². The van der Waals surface area contributed by atoms with Crippen molar-refractivity contribution in [1.82, 2.24) is 19.7 Å². The van der Waals surface area contributed by atoms with Gasteiger partial charge < -0.3 is 9.55 Å². The van der Waals surface area contributed by atoms with Crippen LogP contribution in [-0.2, 0) is 0 Å². The summed E-state index contributed by atoms with van der Waals surface area (Å²) in [6, 6.07) is 5.21. The molecule has 0 saturated heterocycles. The molecule has 1 unspecified atom stereocenters. The number of rotatable bonds is 3. The molecule has 3 N–H and O–H groups in total. The first-order chi connectivity index (χ1) is 11.5. The lowest BCUT2D eigenvalue weighted by Crippen LogP contribution is -2.23. The number of aromatic nitrogens is 4. The van der Waals surface area contributed by atoms with E-state index in [9.17, 15) is 9.59 Å². The molecule has 0 spiro atoms. The molecule has 1 saturated carbocycles. The van der Waals surface area contributed by atoms with Gasteiger partial charge in [-0.25, -0.2) is 0 Å². The molecule has 1 fully saturated rings. The number of halogens is 2. The number of H-pyrrole nitrogens is 3. The van der Waals surface area contributed by atoms with Gasteiger partial charge in [-0.15, -0.1) is 0 Å². The Morgan fingerprint density at radius 1 is 1.12 bits per heavy atom. The zero-order chi connectivity index (χ0) is 17.0. The highest BCUT2D eigenvalue weighted by molar-refractivity contribution is 7.71.